The van der Waals surface area contributed by atoms with E-state index in [4.69, 9.17) is 4.74 Å². The average Bonchev–Trinajstić information content (AvgIpc) is 3.00. The van der Waals surface area contributed by atoms with Gasteiger partial charge in [0.1, 0.15) is 11.7 Å². The summed E-state index contributed by atoms with van der Waals surface area (Å²) in [5, 5.41) is 28.6. The molecule has 0 aliphatic carbocycles. The van der Waals surface area contributed by atoms with E-state index in [1.54, 1.807) is 24.2 Å². The molecule has 41 heavy (non-hydrogen) atoms. The lowest BCUT2D eigenvalue weighted by Crippen LogP contribution is -2.48. The van der Waals surface area contributed by atoms with Gasteiger partial charge in [0, 0.05) is 87.0 Å². The van der Waals surface area contributed by atoms with Gasteiger partial charge in [0.25, 0.3) is 0 Å². The first-order chi connectivity index (χ1) is 19.9. The Balaban J connectivity index is 1.48. The van der Waals surface area contributed by atoms with E-state index in [-0.39, 0.29) is 18.0 Å². The minimum atomic E-state index is -0.197. The number of aromatic nitrogens is 1. The number of benzene rings is 1. The summed E-state index contributed by atoms with van der Waals surface area (Å²) in [5.74, 6) is 0.609. The van der Waals surface area contributed by atoms with Gasteiger partial charge in [0.2, 0.25) is 5.91 Å². The van der Waals surface area contributed by atoms with Crippen molar-refractivity contribution in [3.05, 3.63) is 52.9 Å². The van der Waals surface area contributed by atoms with Crippen LogP contribution in [-0.4, -0.2) is 73.6 Å². The quantitative estimate of drug-likeness (QED) is 0.326. The molecule has 4 N–H and O–H groups in total. The molecule has 2 aromatic rings. The highest BCUT2D eigenvalue weighted by Gasteiger charge is 2.31. The number of fused-ring (bicyclic) bond motifs is 1. The van der Waals surface area contributed by atoms with E-state index in [1.165, 1.54) is 6.92 Å². The summed E-state index contributed by atoms with van der Waals surface area (Å²) in [6.07, 6.45) is 5.80. The maximum absolute atomic E-state index is 12.5. The monoisotopic (exact) mass is 556 g/mol. The summed E-state index contributed by atoms with van der Waals surface area (Å²) in [6, 6.07) is 9.91. The lowest BCUT2D eigenvalue weighted by atomic mass is 9.92. The Morgan fingerprint density at radius 1 is 1.17 bits per heavy atom. The number of nitrogens with one attached hydrogen (secondary N) is 4. The third-order valence-electron chi connectivity index (χ3n) is 7.84. The summed E-state index contributed by atoms with van der Waals surface area (Å²) >= 11 is 0. The van der Waals surface area contributed by atoms with Gasteiger partial charge in [-0.2, -0.15) is 5.26 Å². The van der Waals surface area contributed by atoms with Crippen LogP contribution in [0.25, 0.3) is 11.1 Å². The fourth-order valence-corrected chi connectivity index (χ4v) is 5.73. The SMILES string of the molecule is CNC(=O)N1CCC(NC2CCOCC2)=C(C(=N)N2CCCc3cc(-c4ccc(NC(C)=O)nc4)c(C#N)cc32)C1. The standard InChI is InChI=1S/C30H36N8O3/c1-19(39)35-28-6-5-21(17-34-28)24-14-20-4-3-10-38(27(20)15-22(24)16-31)29(32)25-18-37(30(40)33-2)11-7-26(25)36-23-8-12-41-13-9-23/h5-6,14-15,17,23,32,36H,3-4,7-13,18H2,1-2H3,(H,33,40)(H,34,35,39). The van der Waals surface area contributed by atoms with Crippen molar-refractivity contribution in [3.63, 3.8) is 0 Å². The zero-order valence-corrected chi connectivity index (χ0v) is 23.5. The number of pyridine rings is 1. The molecule has 3 amide bonds. The Labute approximate surface area is 240 Å². The van der Waals surface area contributed by atoms with Crippen molar-refractivity contribution >= 4 is 29.3 Å². The molecular weight excluding hydrogens is 520 g/mol. The third-order valence-corrected chi connectivity index (χ3v) is 7.84. The number of amidine groups is 1. The fourth-order valence-electron chi connectivity index (χ4n) is 5.73. The molecule has 214 valence electrons. The summed E-state index contributed by atoms with van der Waals surface area (Å²) in [5.41, 5.74) is 5.76. The van der Waals surface area contributed by atoms with Crippen molar-refractivity contribution in [1.82, 2.24) is 20.5 Å². The van der Waals surface area contributed by atoms with Gasteiger partial charge in [-0.15, -0.1) is 0 Å². The molecule has 11 nitrogen and oxygen atoms in total. The van der Waals surface area contributed by atoms with Crippen molar-refractivity contribution in [2.75, 3.05) is 50.1 Å². The number of carbonyl (C=O) groups is 2. The molecule has 1 aromatic carbocycles. The number of aryl methyl sites for hydroxylation is 1. The van der Waals surface area contributed by atoms with Crippen LogP contribution in [0.4, 0.5) is 16.3 Å². The number of anilines is 2. The second-order valence-electron chi connectivity index (χ2n) is 10.6. The molecule has 0 spiro atoms. The predicted octanol–water partition coefficient (Wildman–Crippen LogP) is 3.38. The Morgan fingerprint density at radius 3 is 2.66 bits per heavy atom. The number of carbonyl (C=O) groups excluding carboxylic acids is 2. The third kappa shape index (κ3) is 6.18. The molecule has 5 rings (SSSR count). The van der Waals surface area contributed by atoms with Crippen molar-refractivity contribution < 1.29 is 14.3 Å². The zero-order chi connectivity index (χ0) is 28.9. The maximum Gasteiger partial charge on any atom is 0.317 e. The van der Waals surface area contributed by atoms with Crippen molar-refractivity contribution in [2.45, 2.75) is 45.1 Å². The highest BCUT2D eigenvalue weighted by Crippen LogP contribution is 2.36. The maximum atomic E-state index is 12.5. The van der Waals surface area contributed by atoms with Gasteiger partial charge in [-0.05, 0) is 55.5 Å². The molecule has 1 saturated heterocycles. The highest BCUT2D eigenvalue weighted by molar-refractivity contribution is 6.09. The number of ether oxygens (including phenoxy) is 1. The number of nitriles is 1. The van der Waals surface area contributed by atoms with E-state index in [1.807, 2.05) is 23.1 Å². The Kier molecular flexibility index (Phi) is 8.50. The number of urea groups is 1. The second-order valence-corrected chi connectivity index (χ2v) is 10.6. The first-order valence-electron chi connectivity index (χ1n) is 14.1. The van der Waals surface area contributed by atoms with Crippen molar-refractivity contribution in [1.29, 1.82) is 10.7 Å². The van der Waals surface area contributed by atoms with Crippen molar-refractivity contribution in [3.8, 4) is 17.2 Å². The first-order valence-corrected chi connectivity index (χ1v) is 14.1. The lowest BCUT2D eigenvalue weighted by Gasteiger charge is -2.38. The van der Waals surface area contributed by atoms with Crippen LogP contribution in [0.15, 0.2) is 41.7 Å². The molecule has 0 saturated carbocycles. The summed E-state index contributed by atoms with van der Waals surface area (Å²) < 4.78 is 5.53. The normalized spacial score (nSPS) is 17.4. The number of nitrogens with zero attached hydrogens (tertiary/aromatic N) is 4. The summed E-state index contributed by atoms with van der Waals surface area (Å²) in [6.45, 7) is 4.43. The Hall–Kier alpha value is -4.43. The molecule has 0 atom stereocenters. The molecule has 4 heterocycles. The van der Waals surface area contributed by atoms with Gasteiger partial charge in [0.05, 0.1) is 18.2 Å². The van der Waals surface area contributed by atoms with Crippen LogP contribution in [0.2, 0.25) is 0 Å². The van der Waals surface area contributed by atoms with Gasteiger partial charge in [-0.1, -0.05) is 0 Å². The van der Waals surface area contributed by atoms with Gasteiger partial charge >= 0.3 is 6.03 Å². The molecule has 1 fully saturated rings. The minimum Gasteiger partial charge on any atom is -0.385 e. The smallest absolute Gasteiger partial charge is 0.317 e. The van der Waals surface area contributed by atoms with E-state index in [0.717, 1.165) is 59.3 Å². The number of hydrogen-bond acceptors (Lipinski definition) is 7. The minimum absolute atomic E-state index is 0.158. The second kappa shape index (κ2) is 12.4. The van der Waals surface area contributed by atoms with Crippen LogP contribution in [0, 0.1) is 16.7 Å². The van der Waals surface area contributed by atoms with E-state index >= 15 is 0 Å². The number of rotatable bonds is 5. The largest absolute Gasteiger partial charge is 0.385 e. The number of hydrogen-bond donors (Lipinski definition) is 4. The Bertz CT molecular complexity index is 1410. The van der Waals surface area contributed by atoms with Gasteiger partial charge in [-0.3, -0.25) is 10.2 Å². The fraction of sp³-hybridized carbons (Fsp3) is 0.433. The van der Waals surface area contributed by atoms with Gasteiger partial charge < -0.3 is 30.5 Å². The zero-order valence-electron chi connectivity index (χ0n) is 23.5. The molecule has 3 aliphatic rings. The molecule has 0 radical (unpaired) electrons. The van der Waals surface area contributed by atoms with E-state index in [9.17, 15) is 20.3 Å². The van der Waals surface area contributed by atoms with Crippen LogP contribution in [0.3, 0.4) is 0 Å². The van der Waals surface area contributed by atoms with Crippen LogP contribution < -0.4 is 20.9 Å². The highest BCUT2D eigenvalue weighted by atomic mass is 16.5. The predicted molar refractivity (Wildman–Crippen MR) is 157 cm³/mol. The van der Waals surface area contributed by atoms with Crippen LogP contribution in [0.5, 0.6) is 0 Å². The molecule has 11 heteroatoms. The van der Waals surface area contributed by atoms with Crippen LogP contribution in [0.1, 0.15) is 43.7 Å². The molecule has 1 aromatic heterocycles. The summed E-state index contributed by atoms with van der Waals surface area (Å²) in [7, 11) is 1.62. The molecule has 3 aliphatic heterocycles. The van der Waals surface area contributed by atoms with Crippen LogP contribution >= 0.6 is 0 Å². The van der Waals surface area contributed by atoms with Gasteiger partial charge in [-0.25, -0.2) is 9.78 Å². The van der Waals surface area contributed by atoms with Gasteiger partial charge in [0.15, 0.2) is 0 Å². The van der Waals surface area contributed by atoms with E-state index < -0.39 is 0 Å². The summed E-state index contributed by atoms with van der Waals surface area (Å²) in [4.78, 5) is 32.0. The molecule has 0 bridgehead atoms. The molecule has 0 unspecified atom stereocenters. The average molecular weight is 557 g/mol. The first kappa shape index (κ1) is 28.1. The number of amides is 3. The topological polar surface area (TPSA) is 146 Å². The van der Waals surface area contributed by atoms with Crippen LogP contribution in [-0.2, 0) is 16.0 Å². The lowest BCUT2D eigenvalue weighted by molar-refractivity contribution is -0.114. The molecular formula is C30H36N8O3. The van der Waals surface area contributed by atoms with E-state index in [2.05, 4.69) is 27.0 Å². The van der Waals surface area contributed by atoms with E-state index in [0.29, 0.717) is 56.5 Å². The van der Waals surface area contributed by atoms with Crippen molar-refractivity contribution in [2.24, 2.45) is 0 Å². The Morgan fingerprint density at radius 2 is 1.98 bits per heavy atom.